The molecule has 0 spiro atoms. The van der Waals surface area contributed by atoms with Crippen LogP contribution < -0.4 is 35.6 Å². The van der Waals surface area contributed by atoms with E-state index in [2.05, 4.69) is 20.9 Å². The first kappa shape index (κ1) is 30.4. The van der Waals surface area contributed by atoms with Crippen molar-refractivity contribution >= 4 is 17.5 Å². The minimum atomic E-state index is -0.668. The number of carbonyl (C=O) groups excluding carboxylic acids is 2. The lowest BCUT2D eigenvalue weighted by molar-refractivity contribution is -0.123. The fraction of sp³-hybridized carbons (Fsp3) is 0.375. The summed E-state index contributed by atoms with van der Waals surface area (Å²) in [7, 11) is 4.66. The summed E-state index contributed by atoms with van der Waals surface area (Å²) in [5.74, 6) is 0.879. The van der Waals surface area contributed by atoms with Gasteiger partial charge in [0, 0.05) is 31.4 Å². The van der Waals surface area contributed by atoms with Crippen molar-refractivity contribution in [2.24, 2.45) is 5.92 Å². The van der Waals surface area contributed by atoms with Crippen molar-refractivity contribution in [3.05, 3.63) is 75.7 Å². The first-order valence-electron chi connectivity index (χ1n) is 13.9. The van der Waals surface area contributed by atoms with E-state index in [4.69, 9.17) is 14.2 Å². The number of rotatable bonds is 10. The van der Waals surface area contributed by atoms with Crippen LogP contribution in [-0.4, -0.2) is 44.2 Å². The Balaban J connectivity index is 1.81. The maximum atomic E-state index is 13.7. The maximum absolute atomic E-state index is 13.7. The number of nitrogens with zero attached hydrogens (tertiary/aromatic N) is 1. The maximum Gasteiger partial charge on any atom is 0.243 e. The van der Waals surface area contributed by atoms with Gasteiger partial charge in [-0.1, -0.05) is 19.9 Å². The fourth-order valence-corrected chi connectivity index (χ4v) is 5.33. The van der Waals surface area contributed by atoms with E-state index in [-0.39, 0.29) is 28.8 Å². The summed E-state index contributed by atoms with van der Waals surface area (Å²) in [5, 5.41) is 9.15. The number of aromatic nitrogens is 1. The van der Waals surface area contributed by atoms with Crippen LogP contribution in [0.15, 0.2) is 53.6 Å². The van der Waals surface area contributed by atoms with E-state index in [1.54, 1.807) is 39.8 Å². The van der Waals surface area contributed by atoms with Gasteiger partial charge in [-0.25, -0.2) is 0 Å². The van der Waals surface area contributed by atoms with Crippen LogP contribution in [0.3, 0.4) is 0 Å². The molecule has 10 nitrogen and oxygen atoms in total. The average Bonchev–Trinajstić information content (AvgIpc) is 3.22. The van der Waals surface area contributed by atoms with E-state index in [1.165, 1.54) is 13.0 Å². The van der Waals surface area contributed by atoms with Gasteiger partial charge >= 0.3 is 0 Å². The van der Waals surface area contributed by atoms with Gasteiger partial charge in [-0.3, -0.25) is 19.4 Å². The molecular formula is C32H38N4O6. The smallest absolute Gasteiger partial charge is 0.243 e. The predicted molar refractivity (Wildman–Crippen MR) is 161 cm³/mol. The van der Waals surface area contributed by atoms with Gasteiger partial charge in [-0.2, -0.15) is 0 Å². The highest BCUT2D eigenvalue weighted by atomic mass is 16.5. The number of benzene rings is 1. The molecule has 0 aliphatic heterocycles. The Bertz CT molecular complexity index is 1510. The molecule has 0 saturated carbocycles. The number of hydrogen-bond donors (Lipinski definition) is 3. The van der Waals surface area contributed by atoms with Gasteiger partial charge in [0.05, 0.1) is 33.1 Å². The molecule has 0 unspecified atom stereocenters. The summed E-state index contributed by atoms with van der Waals surface area (Å²) in [6, 6.07) is 9.53. The zero-order chi connectivity index (χ0) is 30.4. The largest absolute Gasteiger partial charge is 0.493 e. The third kappa shape index (κ3) is 6.48. The van der Waals surface area contributed by atoms with Gasteiger partial charge < -0.3 is 30.2 Å². The second-order valence-electron chi connectivity index (χ2n) is 10.5. The normalized spacial score (nSPS) is 14.5. The number of anilines is 1. The van der Waals surface area contributed by atoms with Gasteiger partial charge in [-0.05, 0) is 71.3 Å². The van der Waals surface area contributed by atoms with E-state index in [9.17, 15) is 14.4 Å². The number of nitrogens with one attached hydrogen (secondary N) is 3. The van der Waals surface area contributed by atoms with Gasteiger partial charge in [0.15, 0.2) is 11.5 Å². The molecule has 10 heteroatoms. The van der Waals surface area contributed by atoms with Crippen molar-refractivity contribution in [3.63, 3.8) is 0 Å². The van der Waals surface area contributed by atoms with E-state index in [1.807, 2.05) is 38.1 Å². The molecule has 1 aliphatic rings. The molecule has 1 heterocycles. The Morgan fingerprint density at radius 2 is 1.71 bits per heavy atom. The van der Waals surface area contributed by atoms with Crippen molar-refractivity contribution in [2.45, 2.75) is 52.2 Å². The van der Waals surface area contributed by atoms with Crippen molar-refractivity contribution in [3.8, 4) is 28.4 Å². The van der Waals surface area contributed by atoms with Crippen LogP contribution in [0, 0.1) is 5.92 Å². The first-order valence-corrected chi connectivity index (χ1v) is 13.9. The Kier molecular flexibility index (Phi) is 9.67. The van der Waals surface area contributed by atoms with E-state index in [0.29, 0.717) is 47.8 Å². The Labute approximate surface area is 245 Å². The number of hydrogen-bond acceptors (Lipinski definition) is 8. The summed E-state index contributed by atoms with van der Waals surface area (Å²) in [6.07, 6.45) is 4.49. The van der Waals surface area contributed by atoms with Gasteiger partial charge in [0.25, 0.3) is 0 Å². The number of amides is 2. The number of pyridine rings is 1. The second kappa shape index (κ2) is 13.4. The Morgan fingerprint density at radius 1 is 1.00 bits per heavy atom. The molecule has 222 valence electrons. The molecule has 0 bridgehead atoms. The average molecular weight is 575 g/mol. The third-order valence-corrected chi connectivity index (χ3v) is 7.39. The number of fused-ring (bicyclic) bond motifs is 3. The molecular weight excluding hydrogens is 536 g/mol. The molecule has 2 amide bonds. The SMILES string of the molecule is COc1cc2c(c(OC)c1OC)-c1ccc(N[C@H](C(=O)NCc3ccncc3)C(C)C)c(=O)cc1[C@@H](NC(C)=O)CC2. The highest BCUT2D eigenvalue weighted by Gasteiger charge is 2.30. The summed E-state index contributed by atoms with van der Waals surface area (Å²) in [4.78, 5) is 43.1. The minimum absolute atomic E-state index is 0.116. The predicted octanol–water partition coefficient (Wildman–Crippen LogP) is 4.01. The molecule has 3 aromatic rings. The quantitative estimate of drug-likeness (QED) is 0.332. The topological polar surface area (TPSA) is 128 Å². The highest BCUT2D eigenvalue weighted by Crippen LogP contribution is 2.50. The molecule has 2 atom stereocenters. The molecule has 4 rings (SSSR count). The van der Waals surface area contributed by atoms with Gasteiger partial charge in [0.1, 0.15) is 6.04 Å². The third-order valence-electron chi connectivity index (χ3n) is 7.39. The molecule has 0 radical (unpaired) electrons. The van der Waals surface area contributed by atoms with E-state index >= 15 is 0 Å². The zero-order valence-corrected chi connectivity index (χ0v) is 24.9. The van der Waals surface area contributed by atoms with Crippen molar-refractivity contribution in [1.82, 2.24) is 15.6 Å². The fourth-order valence-electron chi connectivity index (χ4n) is 5.33. The lowest BCUT2D eigenvalue weighted by Gasteiger charge is -2.22. The first-order chi connectivity index (χ1) is 20.2. The van der Waals surface area contributed by atoms with Gasteiger partial charge in [0.2, 0.25) is 23.0 Å². The number of methoxy groups -OCH3 is 3. The van der Waals surface area contributed by atoms with Crippen LogP contribution in [0.2, 0.25) is 0 Å². The van der Waals surface area contributed by atoms with Crippen LogP contribution in [0.5, 0.6) is 17.2 Å². The summed E-state index contributed by atoms with van der Waals surface area (Å²) in [6.45, 7) is 5.63. The lowest BCUT2D eigenvalue weighted by Crippen LogP contribution is -2.43. The number of carbonyl (C=O) groups is 2. The van der Waals surface area contributed by atoms with Crippen molar-refractivity contribution < 1.29 is 23.8 Å². The van der Waals surface area contributed by atoms with Gasteiger partial charge in [-0.15, -0.1) is 0 Å². The van der Waals surface area contributed by atoms with Crippen molar-refractivity contribution in [2.75, 3.05) is 26.6 Å². The summed E-state index contributed by atoms with van der Waals surface area (Å²) in [5.41, 5.74) is 3.94. The van der Waals surface area contributed by atoms with Crippen molar-refractivity contribution in [1.29, 1.82) is 0 Å². The van der Waals surface area contributed by atoms with Crippen LogP contribution >= 0.6 is 0 Å². The van der Waals surface area contributed by atoms with Crippen LogP contribution in [-0.2, 0) is 22.6 Å². The Morgan fingerprint density at radius 3 is 2.33 bits per heavy atom. The van der Waals surface area contributed by atoms with Crippen LogP contribution in [0.1, 0.15) is 49.9 Å². The molecule has 0 fully saturated rings. The molecule has 1 aromatic heterocycles. The molecule has 2 aromatic carbocycles. The summed E-state index contributed by atoms with van der Waals surface area (Å²) < 4.78 is 17.1. The van der Waals surface area contributed by atoms with E-state index in [0.717, 1.165) is 16.7 Å². The van der Waals surface area contributed by atoms with E-state index < -0.39 is 12.1 Å². The van der Waals surface area contributed by atoms with Crippen LogP contribution in [0.25, 0.3) is 11.1 Å². The molecule has 1 aliphatic carbocycles. The minimum Gasteiger partial charge on any atom is -0.493 e. The monoisotopic (exact) mass is 574 g/mol. The molecule has 3 N–H and O–H groups in total. The highest BCUT2D eigenvalue weighted by molar-refractivity contribution is 5.86. The number of ether oxygens (including phenoxy) is 3. The molecule has 0 saturated heterocycles. The zero-order valence-electron chi connectivity index (χ0n) is 24.9. The summed E-state index contributed by atoms with van der Waals surface area (Å²) >= 11 is 0. The lowest BCUT2D eigenvalue weighted by atomic mass is 9.95. The number of aryl methyl sites for hydroxylation is 1. The second-order valence-corrected chi connectivity index (χ2v) is 10.5. The standard InChI is InChI=1S/C32H38N4O6/c1-18(2)29(32(39)34-17-20-11-13-33-14-12-20)36-25-10-8-22-23(16-26(25)38)24(35-19(3)37)9-7-21-15-27(40-4)30(41-5)31(42-6)28(21)22/h8,10-16,18,24,29H,7,9,17H2,1-6H3,(H,34,39)(H,35,37)(H,36,38)/t24-,29-/m0/s1. The molecule has 42 heavy (non-hydrogen) atoms. The van der Waals surface area contributed by atoms with Crippen LogP contribution in [0.4, 0.5) is 5.69 Å². The Hall–Kier alpha value is -4.60.